The van der Waals surface area contributed by atoms with E-state index in [0.29, 0.717) is 16.7 Å². The standard InChI is InChI=1S/C19H23N3O6/c1-4-27-18(25)17-11(2)21(3)15-6-5-13(7-14(15)17)28-10-12(23)9-22-16(24)8-20-19(22)26/h5-7,12,23H,4,8-10H2,1-3H3,(H,20,26)/t12-/m1/s1. The van der Waals surface area contributed by atoms with E-state index in [2.05, 4.69) is 5.32 Å². The molecule has 2 heterocycles. The van der Waals surface area contributed by atoms with Crippen LogP contribution in [-0.2, 0) is 16.6 Å². The molecule has 0 bridgehead atoms. The predicted molar refractivity (Wildman–Crippen MR) is 100 cm³/mol. The summed E-state index contributed by atoms with van der Waals surface area (Å²) in [6.45, 7) is 3.55. The molecule has 0 aliphatic carbocycles. The fourth-order valence-electron chi connectivity index (χ4n) is 3.20. The summed E-state index contributed by atoms with van der Waals surface area (Å²) >= 11 is 0. The third-order valence-corrected chi connectivity index (χ3v) is 4.72. The van der Waals surface area contributed by atoms with E-state index in [1.807, 2.05) is 24.6 Å². The van der Waals surface area contributed by atoms with E-state index in [1.165, 1.54) is 0 Å². The molecule has 9 heteroatoms. The van der Waals surface area contributed by atoms with Gasteiger partial charge in [-0.15, -0.1) is 0 Å². The van der Waals surface area contributed by atoms with Crippen LogP contribution in [-0.4, -0.2) is 64.9 Å². The number of fused-ring (bicyclic) bond motifs is 1. The minimum Gasteiger partial charge on any atom is -0.491 e. The van der Waals surface area contributed by atoms with Gasteiger partial charge in [0, 0.05) is 23.6 Å². The van der Waals surface area contributed by atoms with Gasteiger partial charge in [0.15, 0.2) is 0 Å². The molecular formula is C19H23N3O6. The van der Waals surface area contributed by atoms with Crippen LogP contribution in [0.15, 0.2) is 18.2 Å². The van der Waals surface area contributed by atoms with E-state index in [4.69, 9.17) is 9.47 Å². The molecule has 150 valence electrons. The molecule has 0 saturated carbocycles. The molecule has 3 amide bonds. The van der Waals surface area contributed by atoms with Gasteiger partial charge < -0.3 is 24.5 Å². The Morgan fingerprint density at radius 2 is 2.11 bits per heavy atom. The molecule has 2 N–H and O–H groups in total. The zero-order valence-corrected chi connectivity index (χ0v) is 16.0. The average molecular weight is 389 g/mol. The van der Waals surface area contributed by atoms with Crippen molar-refractivity contribution in [1.82, 2.24) is 14.8 Å². The SMILES string of the molecule is CCOC(=O)c1c(C)n(C)c2ccc(OC[C@H](O)CN3C(=O)CNC3=O)cc12. The number of β-amino-alcohol motifs (C(OH)–C–C–N with tert-alkyl or cyclic N) is 1. The maximum atomic E-state index is 12.3. The normalized spacial score (nSPS) is 15.1. The third-order valence-electron chi connectivity index (χ3n) is 4.72. The van der Waals surface area contributed by atoms with Crippen LogP contribution in [0.1, 0.15) is 23.0 Å². The molecule has 9 nitrogen and oxygen atoms in total. The number of nitrogens with one attached hydrogen (secondary N) is 1. The third kappa shape index (κ3) is 3.65. The number of aryl methyl sites for hydroxylation is 1. The number of imide groups is 1. The van der Waals surface area contributed by atoms with E-state index in [1.54, 1.807) is 19.1 Å². The van der Waals surface area contributed by atoms with Crippen LogP contribution in [0.2, 0.25) is 0 Å². The van der Waals surface area contributed by atoms with E-state index < -0.39 is 18.1 Å². The fourth-order valence-corrected chi connectivity index (χ4v) is 3.20. The van der Waals surface area contributed by atoms with Gasteiger partial charge >= 0.3 is 12.0 Å². The highest BCUT2D eigenvalue weighted by Gasteiger charge is 2.30. The molecular weight excluding hydrogens is 366 g/mol. The van der Waals surface area contributed by atoms with Crippen molar-refractivity contribution in [3.05, 3.63) is 29.5 Å². The number of aliphatic hydroxyl groups excluding tert-OH is 1. The monoisotopic (exact) mass is 389 g/mol. The number of hydrogen-bond acceptors (Lipinski definition) is 6. The molecule has 1 fully saturated rings. The Kier molecular flexibility index (Phi) is 5.55. The molecule has 1 aromatic carbocycles. The number of hydrogen-bond donors (Lipinski definition) is 2. The molecule has 2 aromatic rings. The van der Waals surface area contributed by atoms with Crippen molar-refractivity contribution in [1.29, 1.82) is 0 Å². The van der Waals surface area contributed by atoms with Crippen molar-refractivity contribution >= 4 is 28.8 Å². The minimum atomic E-state index is -1.04. The highest BCUT2D eigenvalue weighted by Crippen LogP contribution is 2.29. The van der Waals surface area contributed by atoms with E-state index >= 15 is 0 Å². The van der Waals surface area contributed by atoms with Gasteiger partial charge in [0.25, 0.3) is 0 Å². The van der Waals surface area contributed by atoms with E-state index in [-0.39, 0.29) is 32.2 Å². The lowest BCUT2D eigenvalue weighted by Gasteiger charge is -2.17. The number of nitrogens with zero attached hydrogens (tertiary/aromatic N) is 2. The number of rotatable bonds is 7. The lowest BCUT2D eigenvalue weighted by atomic mass is 10.1. The van der Waals surface area contributed by atoms with Gasteiger partial charge in [-0.3, -0.25) is 9.69 Å². The molecule has 1 aliphatic rings. The Morgan fingerprint density at radius 1 is 1.36 bits per heavy atom. The van der Waals surface area contributed by atoms with Crippen LogP contribution in [0.5, 0.6) is 5.75 Å². The summed E-state index contributed by atoms with van der Waals surface area (Å²) in [6.07, 6.45) is -1.04. The quantitative estimate of drug-likeness (QED) is 0.539. The maximum Gasteiger partial charge on any atom is 0.340 e. The molecule has 1 atom stereocenters. The highest BCUT2D eigenvalue weighted by atomic mass is 16.5. The summed E-state index contributed by atoms with van der Waals surface area (Å²) in [4.78, 5) is 36.4. The zero-order valence-electron chi connectivity index (χ0n) is 16.0. The lowest BCUT2D eigenvalue weighted by molar-refractivity contribution is -0.126. The Bertz CT molecular complexity index is 919. The van der Waals surface area contributed by atoms with Gasteiger partial charge in [0.05, 0.1) is 25.3 Å². The second-order valence-electron chi connectivity index (χ2n) is 6.55. The first-order valence-electron chi connectivity index (χ1n) is 8.98. The number of ether oxygens (including phenoxy) is 2. The number of benzene rings is 1. The minimum absolute atomic E-state index is 0.0624. The van der Waals surface area contributed by atoms with Gasteiger partial charge in [0.2, 0.25) is 5.91 Å². The zero-order chi connectivity index (χ0) is 20.4. The summed E-state index contributed by atoms with van der Waals surface area (Å²) in [6, 6.07) is 4.75. The summed E-state index contributed by atoms with van der Waals surface area (Å²) in [7, 11) is 1.86. The number of aromatic nitrogens is 1. The molecule has 0 radical (unpaired) electrons. The maximum absolute atomic E-state index is 12.3. The van der Waals surface area contributed by atoms with Gasteiger partial charge in [-0.05, 0) is 32.0 Å². The first kappa shape index (κ1) is 19.7. The molecule has 1 aliphatic heterocycles. The number of amides is 3. The van der Waals surface area contributed by atoms with Gasteiger partial charge in [0.1, 0.15) is 18.5 Å². The largest absolute Gasteiger partial charge is 0.491 e. The Balaban J connectivity index is 1.75. The summed E-state index contributed by atoms with van der Waals surface area (Å²) in [5, 5.41) is 13.2. The molecule has 1 aromatic heterocycles. The number of carbonyl (C=O) groups is 3. The first-order valence-corrected chi connectivity index (χ1v) is 8.98. The van der Waals surface area contributed by atoms with E-state index in [0.717, 1.165) is 16.1 Å². The molecule has 1 saturated heterocycles. The van der Waals surface area contributed by atoms with Gasteiger partial charge in [-0.1, -0.05) is 0 Å². The molecule has 28 heavy (non-hydrogen) atoms. The molecule has 3 rings (SSSR count). The van der Waals surface area contributed by atoms with Crippen molar-refractivity contribution in [2.45, 2.75) is 20.0 Å². The van der Waals surface area contributed by atoms with Gasteiger partial charge in [-0.2, -0.15) is 0 Å². The van der Waals surface area contributed by atoms with Crippen LogP contribution in [0, 0.1) is 6.92 Å². The van der Waals surface area contributed by atoms with Gasteiger partial charge in [-0.25, -0.2) is 9.59 Å². The van der Waals surface area contributed by atoms with Crippen LogP contribution < -0.4 is 10.1 Å². The first-order chi connectivity index (χ1) is 13.3. The second-order valence-corrected chi connectivity index (χ2v) is 6.55. The Morgan fingerprint density at radius 3 is 2.75 bits per heavy atom. The smallest absolute Gasteiger partial charge is 0.340 e. The second kappa shape index (κ2) is 7.89. The summed E-state index contributed by atoms with van der Waals surface area (Å²) in [5.74, 6) is -0.328. The van der Waals surface area contributed by atoms with E-state index in [9.17, 15) is 19.5 Å². The molecule has 0 spiro atoms. The highest BCUT2D eigenvalue weighted by molar-refractivity contribution is 6.06. The van der Waals surface area contributed by atoms with Crippen molar-refractivity contribution in [2.24, 2.45) is 7.05 Å². The average Bonchev–Trinajstić information content (AvgIpc) is 3.11. The number of urea groups is 1. The summed E-state index contributed by atoms with van der Waals surface area (Å²) in [5.41, 5.74) is 2.11. The molecule has 0 unspecified atom stereocenters. The van der Waals surface area contributed by atoms with Crippen LogP contribution in [0.25, 0.3) is 10.9 Å². The van der Waals surface area contributed by atoms with Crippen LogP contribution >= 0.6 is 0 Å². The van der Waals surface area contributed by atoms with Crippen molar-refractivity contribution < 1.29 is 29.0 Å². The topological polar surface area (TPSA) is 110 Å². The van der Waals surface area contributed by atoms with Crippen molar-refractivity contribution in [2.75, 3.05) is 26.3 Å². The van der Waals surface area contributed by atoms with Crippen molar-refractivity contribution in [3.63, 3.8) is 0 Å². The Labute approximate surface area is 161 Å². The summed E-state index contributed by atoms with van der Waals surface area (Å²) < 4.78 is 12.7. The predicted octanol–water partition coefficient (Wildman–Crippen LogP) is 0.955. The lowest BCUT2D eigenvalue weighted by Crippen LogP contribution is -2.39. The van der Waals surface area contributed by atoms with Crippen molar-refractivity contribution in [3.8, 4) is 5.75 Å². The fraction of sp³-hybridized carbons (Fsp3) is 0.421. The number of esters is 1. The van der Waals surface area contributed by atoms with Crippen LogP contribution in [0.4, 0.5) is 4.79 Å². The Hall–Kier alpha value is -3.07. The number of carbonyl (C=O) groups excluding carboxylic acids is 3. The van der Waals surface area contributed by atoms with Crippen LogP contribution in [0.3, 0.4) is 0 Å². The number of aliphatic hydroxyl groups is 1.